The van der Waals surface area contributed by atoms with E-state index in [0.717, 1.165) is 10.6 Å². The normalized spacial score (nSPS) is 10.9. The van der Waals surface area contributed by atoms with Gasteiger partial charge >= 0.3 is 0 Å². The van der Waals surface area contributed by atoms with Crippen molar-refractivity contribution in [2.75, 3.05) is 5.32 Å². The predicted octanol–water partition coefficient (Wildman–Crippen LogP) is 3.17. The monoisotopic (exact) mass is 327 g/mol. The van der Waals surface area contributed by atoms with E-state index in [4.69, 9.17) is 0 Å². The molecule has 0 aliphatic rings. The number of hydrogen-bond acceptors (Lipinski definition) is 6. The molecule has 4 rings (SSSR count). The van der Waals surface area contributed by atoms with Crippen LogP contribution in [0.5, 0.6) is 0 Å². The maximum atomic E-state index is 12.2. The lowest BCUT2D eigenvalue weighted by atomic mass is 10.4. The number of aromatic nitrogens is 4. The second-order valence-corrected chi connectivity index (χ2v) is 6.23. The summed E-state index contributed by atoms with van der Waals surface area (Å²) in [7, 11) is 0. The molecule has 4 aromatic heterocycles. The van der Waals surface area contributed by atoms with Gasteiger partial charge in [0, 0.05) is 24.0 Å². The average molecular weight is 327 g/mol. The molecule has 0 bridgehead atoms. The van der Waals surface area contributed by atoms with Gasteiger partial charge < -0.3 is 0 Å². The standard InChI is InChI=1S/C14H9N5OS2/c20-12(9-7-19-5-2-4-15-13(19)16-9)18-14-17-10(8-22-14)11-3-1-6-21-11/h1-8H,(H,17,18,20). The van der Waals surface area contributed by atoms with Crippen LogP contribution in [-0.2, 0) is 0 Å². The summed E-state index contributed by atoms with van der Waals surface area (Å²) >= 11 is 3.01. The molecule has 4 heterocycles. The lowest BCUT2D eigenvalue weighted by molar-refractivity contribution is 0.102. The first kappa shape index (κ1) is 13.1. The van der Waals surface area contributed by atoms with E-state index in [9.17, 15) is 4.79 Å². The smallest absolute Gasteiger partial charge is 0.277 e. The van der Waals surface area contributed by atoms with Crippen LogP contribution in [0.1, 0.15) is 10.5 Å². The van der Waals surface area contributed by atoms with Crippen LogP contribution in [0.3, 0.4) is 0 Å². The van der Waals surface area contributed by atoms with Crippen molar-refractivity contribution in [3.05, 3.63) is 53.2 Å². The molecule has 0 fully saturated rings. The fourth-order valence-electron chi connectivity index (χ4n) is 1.97. The molecule has 0 saturated heterocycles. The van der Waals surface area contributed by atoms with E-state index in [-0.39, 0.29) is 5.91 Å². The van der Waals surface area contributed by atoms with Gasteiger partial charge in [0.05, 0.1) is 10.6 Å². The second kappa shape index (κ2) is 5.32. The summed E-state index contributed by atoms with van der Waals surface area (Å²) < 4.78 is 1.70. The number of amides is 1. The minimum atomic E-state index is -0.294. The first-order valence-electron chi connectivity index (χ1n) is 6.40. The highest BCUT2D eigenvalue weighted by atomic mass is 32.1. The summed E-state index contributed by atoms with van der Waals surface area (Å²) in [5.74, 6) is 0.198. The number of carbonyl (C=O) groups excluding carboxylic acids is 1. The van der Waals surface area contributed by atoms with Crippen LogP contribution in [0, 0.1) is 0 Å². The molecule has 1 N–H and O–H groups in total. The Morgan fingerprint density at radius 1 is 1.23 bits per heavy atom. The van der Waals surface area contributed by atoms with Gasteiger partial charge in [-0.1, -0.05) is 6.07 Å². The third kappa shape index (κ3) is 2.38. The average Bonchev–Trinajstić information content (AvgIpc) is 3.26. The Hall–Kier alpha value is -2.58. The van der Waals surface area contributed by atoms with Crippen LogP contribution >= 0.6 is 22.7 Å². The van der Waals surface area contributed by atoms with Gasteiger partial charge in [-0.2, -0.15) is 0 Å². The Balaban J connectivity index is 1.56. The van der Waals surface area contributed by atoms with E-state index in [1.807, 2.05) is 22.9 Å². The molecule has 0 saturated carbocycles. The highest BCUT2D eigenvalue weighted by Gasteiger charge is 2.14. The maximum Gasteiger partial charge on any atom is 0.277 e. The van der Waals surface area contributed by atoms with Crippen molar-refractivity contribution in [3.8, 4) is 10.6 Å². The van der Waals surface area contributed by atoms with Gasteiger partial charge in [-0.05, 0) is 17.5 Å². The Morgan fingerprint density at radius 3 is 3.00 bits per heavy atom. The van der Waals surface area contributed by atoms with Gasteiger partial charge in [0.25, 0.3) is 5.91 Å². The third-order valence-electron chi connectivity index (χ3n) is 2.97. The molecule has 6 nitrogen and oxygen atoms in total. The van der Waals surface area contributed by atoms with Crippen molar-refractivity contribution in [1.29, 1.82) is 0 Å². The summed E-state index contributed by atoms with van der Waals surface area (Å²) in [6, 6.07) is 5.75. The van der Waals surface area contributed by atoms with E-state index in [1.54, 1.807) is 40.4 Å². The number of anilines is 1. The minimum absolute atomic E-state index is 0.294. The molecule has 108 valence electrons. The molecule has 0 atom stereocenters. The molecule has 22 heavy (non-hydrogen) atoms. The van der Waals surface area contributed by atoms with Crippen LogP contribution in [0.15, 0.2) is 47.5 Å². The third-order valence-corrected chi connectivity index (χ3v) is 4.62. The van der Waals surface area contributed by atoms with E-state index in [2.05, 4.69) is 20.3 Å². The minimum Gasteiger partial charge on any atom is -0.296 e. The largest absolute Gasteiger partial charge is 0.296 e. The van der Waals surface area contributed by atoms with Crippen LogP contribution in [0.25, 0.3) is 16.3 Å². The Labute approximate surface area is 133 Å². The number of nitrogens with one attached hydrogen (secondary N) is 1. The molecular formula is C14H9N5OS2. The summed E-state index contributed by atoms with van der Waals surface area (Å²) in [5.41, 5.74) is 1.18. The van der Waals surface area contributed by atoms with Crippen molar-refractivity contribution in [2.45, 2.75) is 0 Å². The van der Waals surface area contributed by atoms with Gasteiger partial charge in [0.15, 0.2) is 5.13 Å². The Kier molecular flexibility index (Phi) is 3.17. The number of thiazole rings is 1. The molecular weight excluding hydrogens is 318 g/mol. The van der Waals surface area contributed by atoms with Crippen molar-refractivity contribution in [2.24, 2.45) is 0 Å². The zero-order chi connectivity index (χ0) is 14.9. The lowest BCUT2D eigenvalue weighted by Gasteiger charge is -1.96. The van der Waals surface area contributed by atoms with E-state index in [1.165, 1.54) is 11.3 Å². The second-order valence-electron chi connectivity index (χ2n) is 4.42. The van der Waals surface area contributed by atoms with Crippen LogP contribution in [0.4, 0.5) is 5.13 Å². The highest BCUT2D eigenvalue weighted by molar-refractivity contribution is 7.16. The highest BCUT2D eigenvalue weighted by Crippen LogP contribution is 2.28. The molecule has 1 amide bonds. The fourth-order valence-corrected chi connectivity index (χ4v) is 3.44. The van der Waals surface area contributed by atoms with Gasteiger partial charge in [-0.25, -0.2) is 15.0 Å². The number of nitrogens with zero attached hydrogens (tertiary/aromatic N) is 4. The van der Waals surface area contributed by atoms with Gasteiger partial charge in [0.1, 0.15) is 5.69 Å². The number of fused-ring (bicyclic) bond motifs is 1. The molecule has 8 heteroatoms. The number of rotatable bonds is 3. The quantitative estimate of drug-likeness (QED) is 0.627. The zero-order valence-corrected chi connectivity index (χ0v) is 12.8. The van der Waals surface area contributed by atoms with Gasteiger partial charge in [-0.15, -0.1) is 22.7 Å². The summed E-state index contributed by atoms with van der Waals surface area (Å²) in [4.78, 5) is 26.0. The SMILES string of the molecule is O=C(Nc1nc(-c2cccs2)cs1)c1cn2cccnc2n1. The molecule has 0 unspecified atom stereocenters. The summed E-state index contributed by atoms with van der Waals surface area (Å²) in [6.45, 7) is 0. The van der Waals surface area contributed by atoms with E-state index >= 15 is 0 Å². The van der Waals surface area contributed by atoms with Gasteiger partial charge in [-0.3, -0.25) is 14.5 Å². The molecule has 0 radical (unpaired) electrons. The van der Waals surface area contributed by atoms with Crippen LogP contribution < -0.4 is 5.32 Å². The number of thiophene rings is 1. The Morgan fingerprint density at radius 2 is 2.18 bits per heavy atom. The van der Waals surface area contributed by atoms with Crippen molar-refractivity contribution in [3.63, 3.8) is 0 Å². The van der Waals surface area contributed by atoms with Gasteiger partial charge in [0.2, 0.25) is 5.78 Å². The molecule has 0 spiro atoms. The van der Waals surface area contributed by atoms with Crippen LogP contribution in [0.2, 0.25) is 0 Å². The predicted molar refractivity (Wildman–Crippen MR) is 86.4 cm³/mol. The molecule has 0 aliphatic carbocycles. The van der Waals surface area contributed by atoms with Crippen LogP contribution in [-0.4, -0.2) is 25.3 Å². The zero-order valence-electron chi connectivity index (χ0n) is 11.1. The molecule has 4 aromatic rings. The van der Waals surface area contributed by atoms with Crippen molar-refractivity contribution >= 4 is 39.5 Å². The first-order chi connectivity index (χ1) is 10.8. The maximum absolute atomic E-state index is 12.2. The number of imidazole rings is 1. The first-order valence-corrected chi connectivity index (χ1v) is 8.16. The topological polar surface area (TPSA) is 72.2 Å². The lowest BCUT2D eigenvalue weighted by Crippen LogP contribution is -2.12. The van der Waals surface area contributed by atoms with Crippen molar-refractivity contribution < 1.29 is 4.79 Å². The van der Waals surface area contributed by atoms with E-state index < -0.39 is 0 Å². The summed E-state index contributed by atoms with van der Waals surface area (Å²) in [6.07, 6.45) is 5.08. The fraction of sp³-hybridized carbons (Fsp3) is 0. The molecule has 0 aliphatic heterocycles. The number of carbonyl (C=O) groups is 1. The van der Waals surface area contributed by atoms with E-state index in [0.29, 0.717) is 16.6 Å². The summed E-state index contributed by atoms with van der Waals surface area (Å²) in [5, 5.41) is 7.25. The Bertz CT molecular complexity index is 908. The van der Waals surface area contributed by atoms with Crippen molar-refractivity contribution in [1.82, 2.24) is 19.4 Å². The number of hydrogen-bond donors (Lipinski definition) is 1. The molecule has 0 aromatic carbocycles.